The van der Waals surface area contributed by atoms with Gasteiger partial charge in [0.15, 0.2) is 0 Å². The number of aromatic nitrogens is 1. The lowest BCUT2D eigenvalue weighted by Gasteiger charge is -2.24. The number of nitrogens with one attached hydrogen (secondary N) is 2. The maximum atomic E-state index is 12.9. The highest BCUT2D eigenvalue weighted by Crippen LogP contribution is 2.09. The number of carboxylic acid groups (broad SMARTS) is 1. The molecule has 0 saturated carbocycles. The lowest BCUT2D eigenvalue weighted by Crippen LogP contribution is -2.53. The van der Waals surface area contributed by atoms with Gasteiger partial charge < -0.3 is 20.5 Å². The Morgan fingerprint density at radius 2 is 1.63 bits per heavy atom. The summed E-state index contributed by atoms with van der Waals surface area (Å²) in [5, 5.41) is 14.6. The summed E-state index contributed by atoms with van der Waals surface area (Å²) in [6, 6.07) is 12.0. The van der Waals surface area contributed by atoms with Gasteiger partial charge in [0, 0.05) is 24.7 Å². The van der Waals surface area contributed by atoms with Gasteiger partial charge in [0.25, 0.3) is 0 Å². The van der Waals surface area contributed by atoms with Crippen molar-refractivity contribution in [1.29, 1.82) is 0 Å². The molecule has 0 aliphatic rings. The van der Waals surface area contributed by atoms with Crippen LogP contribution >= 0.6 is 0 Å². The fourth-order valence-corrected chi connectivity index (χ4v) is 2.71. The third kappa shape index (κ3) is 7.90. The first kappa shape index (κ1) is 22.9. The molecule has 0 unspecified atom stereocenters. The summed E-state index contributed by atoms with van der Waals surface area (Å²) in [4.78, 5) is 41.0. The first-order chi connectivity index (χ1) is 14.1. The summed E-state index contributed by atoms with van der Waals surface area (Å²) in [6.45, 7) is 5.13. The van der Waals surface area contributed by atoms with Crippen molar-refractivity contribution in [3.05, 3.63) is 66.0 Å². The molecule has 1 aromatic carbocycles. The Hall–Kier alpha value is -3.42. The summed E-state index contributed by atoms with van der Waals surface area (Å²) in [7, 11) is 0. The number of amides is 2. The van der Waals surface area contributed by atoms with Crippen LogP contribution in [0.2, 0.25) is 0 Å². The van der Waals surface area contributed by atoms with Crippen LogP contribution in [0, 0.1) is 0 Å². The number of hydrogen-bond donors (Lipinski definition) is 3. The lowest BCUT2D eigenvalue weighted by atomic mass is 10.0. The van der Waals surface area contributed by atoms with Gasteiger partial charge in [-0.3, -0.25) is 9.78 Å². The van der Waals surface area contributed by atoms with E-state index in [1.165, 1.54) is 0 Å². The average Bonchev–Trinajstić information content (AvgIpc) is 2.67. The molecular formula is C22H27N3O5. The van der Waals surface area contributed by atoms with Gasteiger partial charge in [-0.25, -0.2) is 9.59 Å². The quantitative estimate of drug-likeness (QED) is 0.611. The molecule has 8 nitrogen and oxygen atoms in total. The first-order valence-electron chi connectivity index (χ1n) is 9.60. The number of carbonyl (C=O) groups is 3. The normalized spacial score (nSPS) is 13.0. The standard InChI is InChI=1S/C22H27N3O5/c1-22(2,3)30-21(29)25-17(14-16-11-7-8-12-23-16)19(26)24-18(20(27)28)13-15-9-5-4-6-10-15/h4-12,17-18H,13-14H2,1-3H3,(H,24,26)(H,25,29)(H,27,28)/t17-,18-/m0/s1. The van der Waals surface area contributed by atoms with Gasteiger partial charge in [0.1, 0.15) is 17.7 Å². The minimum absolute atomic E-state index is 0.0869. The van der Waals surface area contributed by atoms with Crippen LogP contribution in [0.25, 0.3) is 0 Å². The second-order valence-corrected chi connectivity index (χ2v) is 7.81. The summed E-state index contributed by atoms with van der Waals surface area (Å²) < 4.78 is 5.24. The van der Waals surface area contributed by atoms with Gasteiger partial charge in [0.05, 0.1) is 0 Å². The summed E-state index contributed by atoms with van der Waals surface area (Å²) in [5.41, 5.74) is 0.600. The third-order valence-electron chi connectivity index (χ3n) is 4.04. The van der Waals surface area contributed by atoms with Crippen molar-refractivity contribution in [2.45, 2.75) is 51.3 Å². The molecule has 3 N–H and O–H groups in total. The predicted octanol–water partition coefficient (Wildman–Crippen LogP) is 2.33. The van der Waals surface area contributed by atoms with E-state index in [0.29, 0.717) is 5.69 Å². The van der Waals surface area contributed by atoms with E-state index >= 15 is 0 Å². The number of rotatable bonds is 8. The van der Waals surface area contributed by atoms with E-state index in [0.717, 1.165) is 5.56 Å². The Balaban J connectivity index is 2.14. The SMILES string of the molecule is CC(C)(C)OC(=O)N[C@@H](Cc1ccccn1)C(=O)N[C@@H](Cc1ccccc1)C(=O)O. The molecule has 0 fully saturated rings. The van der Waals surface area contributed by atoms with E-state index in [1.54, 1.807) is 69.4 Å². The van der Waals surface area contributed by atoms with E-state index in [2.05, 4.69) is 15.6 Å². The minimum Gasteiger partial charge on any atom is -0.480 e. The van der Waals surface area contributed by atoms with Gasteiger partial charge >= 0.3 is 12.1 Å². The van der Waals surface area contributed by atoms with Crippen LogP contribution < -0.4 is 10.6 Å². The van der Waals surface area contributed by atoms with Crippen LogP contribution in [0.3, 0.4) is 0 Å². The number of benzene rings is 1. The van der Waals surface area contributed by atoms with E-state index in [1.807, 2.05) is 6.07 Å². The van der Waals surface area contributed by atoms with Gasteiger partial charge in [-0.15, -0.1) is 0 Å². The van der Waals surface area contributed by atoms with Crippen LogP contribution in [-0.2, 0) is 27.2 Å². The molecule has 2 amide bonds. The maximum absolute atomic E-state index is 12.9. The molecule has 0 aliphatic carbocycles. The molecule has 2 atom stereocenters. The zero-order valence-electron chi connectivity index (χ0n) is 17.3. The van der Waals surface area contributed by atoms with E-state index < -0.39 is 35.7 Å². The van der Waals surface area contributed by atoms with Crippen molar-refractivity contribution >= 4 is 18.0 Å². The Kier molecular flexibility index (Phi) is 7.91. The Bertz CT molecular complexity index is 850. The predicted molar refractivity (Wildman–Crippen MR) is 111 cm³/mol. The van der Waals surface area contributed by atoms with E-state index in [9.17, 15) is 19.5 Å². The van der Waals surface area contributed by atoms with Crippen molar-refractivity contribution < 1.29 is 24.2 Å². The molecule has 0 saturated heterocycles. The number of carboxylic acids is 1. The molecule has 160 valence electrons. The Morgan fingerprint density at radius 3 is 2.20 bits per heavy atom. The zero-order valence-corrected chi connectivity index (χ0v) is 17.3. The smallest absolute Gasteiger partial charge is 0.408 e. The highest BCUT2D eigenvalue weighted by atomic mass is 16.6. The minimum atomic E-state index is -1.17. The molecule has 1 heterocycles. The largest absolute Gasteiger partial charge is 0.480 e. The van der Waals surface area contributed by atoms with Crippen LogP contribution in [0.15, 0.2) is 54.7 Å². The second kappa shape index (κ2) is 10.4. The van der Waals surface area contributed by atoms with E-state index in [-0.39, 0.29) is 12.8 Å². The topological polar surface area (TPSA) is 118 Å². The van der Waals surface area contributed by atoms with Crippen molar-refractivity contribution in [1.82, 2.24) is 15.6 Å². The lowest BCUT2D eigenvalue weighted by molar-refractivity contribution is -0.142. The molecule has 0 spiro atoms. The number of pyridine rings is 1. The van der Waals surface area contributed by atoms with Crippen LogP contribution in [0.4, 0.5) is 4.79 Å². The van der Waals surface area contributed by atoms with Crippen molar-refractivity contribution in [2.75, 3.05) is 0 Å². The van der Waals surface area contributed by atoms with Crippen LogP contribution in [-0.4, -0.2) is 45.7 Å². The fourth-order valence-electron chi connectivity index (χ4n) is 2.71. The van der Waals surface area contributed by atoms with Gasteiger partial charge in [-0.2, -0.15) is 0 Å². The molecule has 1 aromatic heterocycles. The molecule has 8 heteroatoms. The number of aliphatic carboxylic acids is 1. The number of nitrogens with zero attached hydrogens (tertiary/aromatic N) is 1. The fraction of sp³-hybridized carbons (Fsp3) is 0.364. The van der Waals surface area contributed by atoms with Crippen molar-refractivity contribution in [2.24, 2.45) is 0 Å². The van der Waals surface area contributed by atoms with E-state index in [4.69, 9.17) is 4.74 Å². The number of carbonyl (C=O) groups excluding carboxylic acids is 2. The van der Waals surface area contributed by atoms with Crippen LogP contribution in [0.5, 0.6) is 0 Å². The molecule has 0 aliphatic heterocycles. The number of alkyl carbamates (subject to hydrolysis) is 1. The Morgan fingerprint density at radius 1 is 0.967 bits per heavy atom. The number of hydrogen-bond acceptors (Lipinski definition) is 5. The molecule has 0 bridgehead atoms. The molecule has 2 aromatic rings. The first-order valence-corrected chi connectivity index (χ1v) is 9.60. The van der Waals surface area contributed by atoms with Gasteiger partial charge in [-0.1, -0.05) is 36.4 Å². The second-order valence-electron chi connectivity index (χ2n) is 7.81. The summed E-state index contributed by atoms with van der Waals surface area (Å²) in [5.74, 6) is -1.80. The van der Waals surface area contributed by atoms with Gasteiger partial charge in [0.2, 0.25) is 5.91 Å². The molecule has 30 heavy (non-hydrogen) atoms. The highest BCUT2D eigenvalue weighted by Gasteiger charge is 2.29. The molecule has 0 radical (unpaired) electrons. The molecule has 2 rings (SSSR count). The maximum Gasteiger partial charge on any atom is 0.408 e. The highest BCUT2D eigenvalue weighted by molar-refractivity contribution is 5.89. The monoisotopic (exact) mass is 413 g/mol. The van der Waals surface area contributed by atoms with Crippen molar-refractivity contribution in [3.8, 4) is 0 Å². The Labute approximate surface area is 175 Å². The third-order valence-corrected chi connectivity index (χ3v) is 4.04. The van der Waals surface area contributed by atoms with Gasteiger partial charge in [-0.05, 0) is 38.5 Å². The van der Waals surface area contributed by atoms with Crippen molar-refractivity contribution in [3.63, 3.8) is 0 Å². The molecular weight excluding hydrogens is 386 g/mol. The van der Waals surface area contributed by atoms with Crippen LogP contribution in [0.1, 0.15) is 32.0 Å². The number of ether oxygens (including phenoxy) is 1. The zero-order chi connectivity index (χ0) is 22.1. The summed E-state index contributed by atoms with van der Waals surface area (Å²) >= 11 is 0. The summed E-state index contributed by atoms with van der Waals surface area (Å²) in [6.07, 6.45) is 1.01. The average molecular weight is 413 g/mol.